The number of anilines is 2. The SMILES string of the molecule is CCCCCCCCc1cc(Cc2ccc(N)cc2)ccc1CCCCCCCCCCCCCCCCCCCCc1ccc(Cc2ccc(N)cc2)cc1CCCCCCCC. The van der Waals surface area contributed by atoms with Crippen LogP contribution in [0.1, 0.15) is 251 Å². The minimum atomic E-state index is 0.847. The van der Waals surface area contributed by atoms with Gasteiger partial charge in [-0.15, -0.1) is 0 Å². The fraction of sp³-hybridized carbons (Fsp3) is 0.613. The normalized spacial score (nSPS) is 11.5. The molecule has 0 atom stereocenters. The molecule has 4 aromatic carbocycles. The fourth-order valence-corrected chi connectivity index (χ4v) is 9.92. The van der Waals surface area contributed by atoms with Gasteiger partial charge in [0, 0.05) is 11.4 Å². The van der Waals surface area contributed by atoms with Crippen LogP contribution in [0.5, 0.6) is 0 Å². The maximum atomic E-state index is 5.94. The number of unbranched alkanes of at least 4 members (excludes halogenated alkanes) is 27. The molecule has 0 heterocycles. The van der Waals surface area contributed by atoms with E-state index in [4.69, 9.17) is 11.5 Å². The lowest BCUT2D eigenvalue weighted by molar-refractivity contribution is 0.523. The lowest BCUT2D eigenvalue weighted by Crippen LogP contribution is -1.99. The summed E-state index contributed by atoms with van der Waals surface area (Å²) in [5.41, 5.74) is 25.6. The van der Waals surface area contributed by atoms with Crippen molar-refractivity contribution in [1.82, 2.24) is 0 Å². The highest BCUT2D eigenvalue weighted by Crippen LogP contribution is 2.24. The van der Waals surface area contributed by atoms with Crippen LogP contribution < -0.4 is 11.5 Å². The highest BCUT2D eigenvalue weighted by molar-refractivity contribution is 5.43. The summed E-state index contributed by atoms with van der Waals surface area (Å²) in [6.07, 6.45) is 48.9. The summed E-state index contributed by atoms with van der Waals surface area (Å²) in [6, 6.07) is 31.6. The van der Waals surface area contributed by atoms with Gasteiger partial charge in [0.15, 0.2) is 0 Å². The van der Waals surface area contributed by atoms with Gasteiger partial charge < -0.3 is 11.5 Å². The van der Waals surface area contributed by atoms with Gasteiger partial charge in [-0.1, -0.05) is 241 Å². The molecule has 0 unspecified atom stereocenters. The number of nitrogens with two attached hydrogens (primary N) is 2. The second-order valence-corrected chi connectivity index (χ2v) is 19.9. The van der Waals surface area contributed by atoms with Gasteiger partial charge in [0.2, 0.25) is 0 Å². The number of hydrogen-bond donors (Lipinski definition) is 2. The minimum absolute atomic E-state index is 0.847. The smallest absolute Gasteiger partial charge is 0.0314 e. The first-order chi connectivity index (χ1) is 31.5. The summed E-state index contributed by atoms with van der Waals surface area (Å²) in [4.78, 5) is 0. The van der Waals surface area contributed by atoms with Gasteiger partial charge in [-0.05, 0) is 133 Å². The molecule has 4 rings (SSSR count). The van der Waals surface area contributed by atoms with Crippen molar-refractivity contribution < 1.29 is 0 Å². The number of nitrogen functional groups attached to an aromatic ring is 2. The van der Waals surface area contributed by atoms with E-state index in [0.29, 0.717) is 0 Å². The van der Waals surface area contributed by atoms with Gasteiger partial charge in [-0.25, -0.2) is 0 Å². The number of benzene rings is 4. The van der Waals surface area contributed by atoms with Crippen molar-refractivity contribution in [2.75, 3.05) is 11.5 Å². The molecule has 0 fully saturated rings. The Morgan fingerprint density at radius 2 is 0.484 bits per heavy atom. The van der Waals surface area contributed by atoms with E-state index in [-0.39, 0.29) is 0 Å². The van der Waals surface area contributed by atoms with Crippen LogP contribution in [0.4, 0.5) is 11.4 Å². The van der Waals surface area contributed by atoms with Crippen LogP contribution in [0.25, 0.3) is 0 Å². The van der Waals surface area contributed by atoms with Crippen molar-refractivity contribution in [2.24, 2.45) is 0 Å². The molecule has 0 aliphatic rings. The molecule has 0 spiro atoms. The molecule has 2 heteroatoms. The van der Waals surface area contributed by atoms with Crippen molar-refractivity contribution in [3.63, 3.8) is 0 Å². The van der Waals surface area contributed by atoms with Crippen LogP contribution >= 0.6 is 0 Å². The summed E-state index contributed by atoms with van der Waals surface area (Å²) >= 11 is 0. The summed E-state index contributed by atoms with van der Waals surface area (Å²) in [5.74, 6) is 0. The third-order valence-electron chi connectivity index (χ3n) is 14.1. The molecule has 0 saturated heterocycles. The van der Waals surface area contributed by atoms with Crippen LogP contribution in [0, 0.1) is 0 Å². The van der Waals surface area contributed by atoms with E-state index in [0.717, 1.165) is 24.2 Å². The predicted octanol–water partition coefficient (Wildman–Crippen LogP) is 18.6. The average molecular weight is 869 g/mol. The lowest BCUT2D eigenvalue weighted by Gasteiger charge is -2.13. The third-order valence-corrected chi connectivity index (χ3v) is 14.1. The van der Waals surface area contributed by atoms with E-state index >= 15 is 0 Å². The van der Waals surface area contributed by atoms with Gasteiger partial charge >= 0.3 is 0 Å². The topological polar surface area (TPSA) is 52.0 Å². The quantitative estimate of drug-likeness (QED) is 0.0347. The third kappa shape index (κ3) is 24.1. The molecule has 2 nitrogen and oxygen atoms in total. The zero-order valence-electron chi connectivity index (χ0n) is 41.7. The van der Waals surface area contributed by atoms with Crippen molar-refractivity contribution in [3.8, 4) is 0 Å². The van der Waals surface area contributed by atoms with Gasteiger partial charge in [0.1, 0.15) is 0 Å². The van der Waals surface area contributed by atoms with Gasteiger partial charge in [-0.3, -0.25) is 0 Å². The van der Waals surface area contributed by atoms with E-state index in [1.54, 1.807) is 22.3 Å². The number of aryl methyl sites for hydroxylation is 4. The van der Waals surface area contributed by atoms with Crippen LogP contribution in [0.15, 0.2) is 84.9 Å². The predicted molar refractivity (Wildman–Crippen MR) is 285 cm³/mol. The highest BCUT2D eigenvalue weighted by Gasteiger charge is 2.09. The Labute approximate surface area is 395 Å². The van der Waals surface area contributed by atoms with E-state index in [2.05, 4.69) is 74.5 Å². The molecule has 0 amide bonds. The van der Waals surface area contributed by atoms with Crippen LogP contribution in [0.3, 0.4) is 0 Å². The van der Waals surface area contributed by atoms with Crippen molar-refractivity contribution in [3.05, 3.63) is 129 Å². The summed E-state index contributed by atoms with van der Waals surface area (Å²) in [6.45, 7) is 4.62. The van der Waals surface area contributed by atoms with Crippen LogP contribution in [0.2, 0.25) is 0 Å². The van der Waals surface area contributed by atoms with E-state index in [9.17, 15) is 0 Å². The summed E-state index contributed by atoms with van der Waals surface area (Å²) < 4.78 is 0. The molecule has 4 aromatic rings. The van der Waals surface area contributed by atoms with Crippen LogP contribution in [-0.4, -0.2) is 0 Å². The first kappa shape index (κ1) is 53.1. The standard InChI is InChI=1S/C62H96N2/c1-3-5-7-9-25-31-35-59-51-55(49-53-39-45-61(63)46-40-53)37-43-57(59)33-29-27-23-21-19-17-15-13-11-12-14-16-18-20-22-24-28-30-34-58-44-38-56(50-54-41-47-62(64)48-42-54)52-60(58)36-32-26-10-8-6-4-2/h37-48,51-52H,3-36,49-50,63-64H2,1-2H3. The molecule has 0 radical (unpaired) electrons. The molecule has 64 heavy (non-hydrogen) atoms. The first-order valence-electron chi connectivity index (χ1n) is 27.4. The van der Waals surface area contributed by atoms with E-state index < -0.39 is 0 Å². The fourth-order valence-electron chi connectivity index (χ4n) is 9.92. The van der Waals surface area contributed by atoms with Gasteiger partial charge in [0.25, 0.3) is 0 Å². The number of hydrogen-bond acceptors (Lipinski definition) is 2. The molecular formula is C62H96N2. The Morgan fingerprint density at radius 1 is 0.250 bits per heavy atom. The Balaban J connectivity index is 0.978. The maximum Gasteiger partial charge on any atom is 0.0314 e. The Kier molecular flexibility index (Phi) is 28.9. The first-order valence-corrected chi connectivity index (χ1v) is 27.4. The van der Waals surface area contributed by atoms with E-state index in [1.165, 1.54) is 241 Å². The Morgan fingerprint density at radius 3 is 0.766 bits per heavy atom. The summed E-state index contributed by atoms with van der Waals surface area (Å²) in [5, 5.41) is 0. The molecule has 0 bridgehead atoms. The second kappa shape index (κ2) is 34.8. The zero-order chi connectivity index (χ0) is 45.1. The molecule has 0 saturated carbocycles. The summed E-state index contributed by atoms with van der Waals surface area (Å²) in [7, 11) is 0. The zero-order valence-corrected chi connectivity index (χ0v) is 41.7. The molecule has 0 aliphatic carbocycles. The Hall–Kier alpha value is -3.52. The van der Waals surface area contributed by atoms with Crippen molar-refractivity contribution in [1.29, 1.82) is 0 Å². The van der Waals surface area contributed by atoms with Crippen LogP contribution in [-0.2, 0) is 38.5 Å². The second-order valence-electron chi connectivity index (χ2n) is 19.9. The molecule has 0 aromatic heterocycles. The average Bonchev–Trinajstić information content (AvgIpc) is 3.30. The minimum Gasteiger partial charge on any atom is -0.399 e. The van der Waals surface area contributed by atoms with Crippen molar-refractivity contribution >= 4 is 11.4 Å². The highest BCUT2D eigenvalue weighted by atomic mass is 14.5. The number of rotatable bonds is 39. The van der Waals surface area contributed by atoms with Gasteiger partial charge in [0.05, 0.1) is 0 Å². The monoisotopic (exact) mass is 869 g/mol. The van der Waals surface area contributed by atoms with Gasteiger partial charge in [-0.2, -0.15) is 0 Å². The van der Waals surface area contributed by atoms with Crippen molar-refractivity contribution in [2.45, 2.75) is 245 Å². The Bertz CT molecular complexity index is 1590. The molecule has 0 aliphatic heterocycles. The lowest BCUT2D eigenvalue weighted by atomic mass is 9.93. The molecular weight excluding hydrogens is 773 g/mol. The molecule has 4 N–H and O–H groups in total. The maximum absolute atomic E-state index is 5.94. The largest absolute Gasteiger partial charge is 0.399 e. The molecule has 354 valence electrons. The van der Waals surface area contributed by atoms with E-state index in [1.807, 2.05) is 24.3 Å².